The molecule has 1 N–H and O–H groups in total. The topological polar surface area (TPSA) is 55.9 Å². The molecule has 3 rings (SSSR count). The van der Waals surface area contributed by atoms with Crippen LogP contribution in [0.25, 0.3) is 0 Å². The number of carbonyl (C=O) groups excluding carboxylic acids is 2. The van der Waals surface area contributed by atoms with Crippen molar-refractivity contribution in [1.82, 2.24) is 10.2 Å². The second-order valence-electron chi connectivity index (χ2n) is 8.12. The smallest absolute Gasteiger partial charge is 0.240 e. The van der Waals surface area contributed by atoms with Gasteiger partial charge in [0.15, 0.2) is 0 Å². The quantitative estimate of drug-likeness (QED) is 0.718. The number of anilines is 2. The Morgan fingerprint density at radius 3 is 2.41 bits per heavy atom. The van der Waals surface area contributed by atoms with E-state index in [1.807, 2.05) is 24.3 Å². The molecular formula is C23H34N4O2. The van der Waals surface area contributed by atoms with Crippen LogP contribution in [0.3, 0.4) is 0 Å². The fourth-order valence-corrected chi connectivity index (χ4v) is 3.99. The number of benzene rings is 1. The second kappa shape index (κ2) is 10.4. The lowest BCUT2D eigenvalue weighted by Gasteiger charge is -2.34. The number of nitrogens with zero attached hydrogens (tertiary/aromatic N) is 3. The van der Waals surface area contributed by atoms with Crippen molar-refractivity contribution in [3.63, 3.8) is 0 Å². The zero-order valence-electron chi connectivity index (χ0n) is 17.8. The average Bonchev–Trinajstić information content (AvgIpc) is 2.73. The van der Waals surface area contributed by atoms with Crippen molar-refractivity contribution in [2.45, 2.75) is 39.0 Å². The van der Waals surface area contributed by atoms with Crippen LogP contribution in [-0.4, -0.2) is 63.0 Å². The molecular weight excluding hydrogens is 364 g/mol. The Kier molecular flexibility index (Phi) is 7.69. The van der Waals surface area contributed by atoms with Gasteiger partial charge in [0.05, 0.1) is 0 Å². The zero-order valence-corrected chi connectivity index (χ0v) is 17.8. The van der Waals surface area contributed by atoms with Crippen molar-refractivity contribution in [1.29, 1.82) is 0 Å². The molecule has 2 aliphatic rings. The molecule has 6 nitrogen and oxygen atoms in total. The number of rotatable bonds is 7. The Morgan fingerprint density at radius 2 is 1.79 bits per heavy atom. The summed E-state index contributed by atoms with van der Waals surface area (Å²) < 4.78 is 0. The summed E-state index contributed by atoms with van der Waals surface area (Å²) in [6.45, 7) is 6.32. The molecule has 0 bridgehead atoms. The molecule has 0 radical (unpaired) electrons. The molecule has 1 aromatic carbocycles. The first-order chi connectivity index (χ1) is 14.0. The minimum atomic E-state index is -0.123. The molecule has 1 fully saturated rings. The summed E-state index contributed by atoms with van der Waals surface area (Å²) in [5.74, 6) is -0.234. The van der Waals surface area contributed by atoms with Crippen molar-refractivity contribution in [2.24, 2.45) is 0 Å². The first-order valence-corrected chi connectivity index (χ1v) is 10.8. The van der Waals surface area contributed by atoms with Crippen LogP contribution in [0.15, 0.2) is 35.9 Å². The van der Waals surface area contributed by atoms with Gasteiger partial charge in [-0.25, -0.2) is 0 Å². The zero-order chi connectivity index (χ0) is 20.6. The van der Waals surface area contributed by atoms with Gasteiger partial charge in [-0.2, -0.15) is 0 Å². The van der Waals surface area contributed by atoms with E-state index in [1.54, 1.807) is 4.90 Å². The molecule has 1 saturated heterocycles. The Labute approximate surface area is 174 Å². The van der Waals surface area contributed by atoms with Crippen LogP contribution in [0.5, 0.6) is 0 Å². The van der Waals surface area contributed by atoms with Crippen molar-refractivity contribution in [2.75, 3.05) is 56.1 Å². The van der Waals surface area contributed by atoms with Crippen LogP contribution in [-0.2, 0) is 9.59 Å². The van der Waals surface area contributed by atoms with E-state index >= 15 is 0 Å². The van der Waals surface area contributed by atoms with Crippen molar-refractivity contribution in [3.8, 4) is 0 Å². The lowest BCUT2D eigenvalue weighted by molar-refractivity contribution is -0.123. The van der Waals surface area contributed by atoms with Gasteiger partial charge in [-0.1, -0.05) is 11.6 Å². The molecule has 0 atom stereocenters. The number of hydrogen-bond donors (Lipinski definition) is 1. The summed E-state index contributed by atoms with van der Waals surface area (Å²) in [7, 11) is 2.14. The monoisotopic (exact) mass is 398 g/mol. The van der Waals surface area contributed by atoms with E-state index in [-0.39, 0.29) is 18.4 Å². The van der Waals surface area contributed by atoms with Gasteiger partial charge in [0.2, 0.25) is 11.8 Å². The lowest BCUT2D eigenvalue weighted by atomic mass is 9.97. The average molecular weight is 399 g/mol. The van der Waals surface area contributed by atoms with Gasteiger partial charge in [0.25, 0.3) is 0 Å². The normalized spacial score (nSPS) is 17.6. The maximum absolute atomic E-state index is 12.4. The second-order valence-corrected chi connectivity index (χ2v) is 8.12. The Bertz CT molecular complexity index is 721. The van der Waals surface area contributed by atoms with Crippen LogP contribution in [0.2, 0.25) is 0 Å². The first kappa shape index (κ1) is 21.4. The summed E-state index contributed by atoms with van der Waals surface area (Å²) in [6, 6.07) is 7.97. The summed E-state index contributed by atoms with van der Waals surface area (Å²) in [5.41, 5.74) is 3.37. The van der Waals surface area contributed by atoms with Crippen LogP contribution in [0.4, 0.5) is 11.4 Å². The largest absolute Gasteiger partial charge is 0.369 e. The van der Waals surface area contributed by atoms with E-state index in [1.165, 1.54) is 25.3 Å². The minimum Gasteiger partial charge on any atom is -0.369 e. The first-order valence-electron chi connectivity index (χ1n) is 10.8. The Morgan fingerprint density at radius 1 is 1.07 bits per heavy atom. The number of allylic oxidation sites excluding steroid dienone is 1. The molecule has 158 valence electrons. The molecule has 0 unspecified atom stereocenters. The van der Waals surface area contributed by atoms with Crippen LogP contribution < -0.4 is 15.1 Å². The maximum Gasteiger partial charge on any atom is 0.240 e. The molecule has 0 saturated carbocycles. The van der Waals surface area contributed by atoms with E-state index in [2.05, 4.69) is 28.2 Å². The maximum atomic E-state index is 12.4. The molecule has 1 aliphatic carbocycles. The Balaban J connectivity index is 1.52. The van der Waals surface area contributed by atoms with E-state index in [9.17, 15) is 9.59 Å². The summed E-state index contributed by atoms with van der Waals surface area (Å²) in [4.78, 5) is 30.8. The van der Waals surface area contributed by atoms with Gasteiger partial charge in [-0.05, 0) is 63.4 Å². The predicted molar refractivity (Wildman–Crippen MR) is 118 cm³/mol. The number of amides is 2. The van der Waals surface area contributed by atoms with Gasteiger partial charge < -0.3 is 20.0 Å². The van der Waals surface area contributed by atoms with Gasteiger partial charge in [0, 0.05) is 51.0 Å². The third-order valence-corrected chi connectivity index (χ3v) is 5.86. The number of hydrogen-bond acceptors (Lipinski definition) is 4. The summed E-state index contributed by atoms with van der Waals surface area (Å²) >= 11 is 0. The van der Waals surface area contributed by atoms with E-state index in [0.29, 0.717) is 6.54 Å². The molecule has 1 aromatic rings. The van der Waals surface area contributed by atoms with Gasteiger partial charge in [0.1, 0.15) is 6.54 Å². The number of nitrogens with one attached hydrogen (secondary N) is 1. The van der Waals surface area contributed by atoms with Crippen LogP contribution in [0.1, 0.15) is 39.0 Å². The fourth-order valence-electron chi connectivity index (χ4n) is 3.99. The standard InChI is InChI=1S/C23H34N4O2/c1-19(28)27(18-23(29)24-13-12-20-6-4-3-5-7-20)22-10-8-21(9-11-22)26-16-14-25(2)15-17-26/h6,8-11H,3-5,7,12-18H2,1-2H3,(H,24,29). The number of carbonyl (C=O) groups is 2. The molecule has 2 amide bonds. The van der Waals surface area contributed by atoms with Crippen LogP contribution >= 0.6 is 0 Å². The number of piperazine rings is 1. The molecule has 29 heavy (non-hydrogen) atoms. The third-order valence-electron chi connectivity index (χ3n) is 5.86. The van der Waals surface area contributed by atoms with Gasteiger partial charge in [-0.3, -0.25) is 9.59 Å². The van der Waals surface area contributed by atoms with E-state index in [0.717, 1.165) is 56.8 Å². The molecule has 1 aliphatic heterocycles. The molecule has 6 heteroatoms. The van der Waals surface area contributed by atoms with E-state index < -0.39 is 0 Å². The van der Waals surface area contributed by atoms with E-state index in [4.69, 9.17) is 0 Å². The van der Waals surface area contributed by atoms with Crippen molar-refractivity contribution >= 4 is 23.2 Å². The SMILES string of the molecule is CC(=O)N(CC(=O)NCCC1=CCCCC1)c1ccc(N2CCN(C)CC2)cc1. The number of likely N-dealkylation sites (N-methyl/N-ethyl adjacent to an activating group) is 1. The molecule has 0 aromatic heterocycles. The molecule has 1 heterocycles. The highest BCUT2D eigenvalue weighted by atomic mass is 16.2. The van der Waals surface area contributed by atoms with Gasteiger partial charge >= 0.3 is 0 Å². The minimum absolute atomic E-state index is 0.0578. The summed E-state index contributed by atoms with van der Waals surface area (Å²) in [6.07, 6.45) is 8.05. The van der Waals surface area contributed by atoms with Crippen molar-refractivity contribution in [3.05, 3.63) is 35.9 Å². The Hall–Kier alpha value is -2.34. The van der Waals surface area contributed by atoms with Gasteiger partial charge in [-0.15, -0.1) is 0 Å². The highest BCUT2D eigenvalue weighted by molar-refractivity contribution is 5.97. The van der Waals surface area contributed by atoms with Crippen molar-refractivity contribution < 1.29 is 9.59 Å². The third kappa shape index (κ3) is 6.32. The predicted octanol–water partition coefficient (Wildman–Crippen LogP) is 2.80. The molecule has 0 spiro atoms. The summed E-state index contributed by atoms with van der Waals surface area (Å²) in [5, 5.41) is 2.97. The lowest BCUT2D eigenvalue weighted by Crippen LogP contribution is -2.44. The van der Waals surface area contributed by atoms with Crippen LogP contribution in [0, 0.1) is 0 Å². The fraction of sp³-hybridized carbons (Fsp3) is 0.565. The highest BCUT2D eigenvalue weighted by Gasteiger charge is 2.18. The highest BCUT2D eigenvalue weighted by Crippen LogP contribution is 2.22.